The lowest BCUT2D eigenvalue weighted by Crippen LogP contribution is -2.17. The van der Waals surface area contributed by atoms with E-state index in [0.717, 1.165) is 16.3 Å². The highest BCUT2D eigenvalue weighted by Crippen LogP contribution is 2.22. The van der Waals surface area contributed by atoms with Crippen molar-refractivity contribution in [2.75, 3.05) is 16.9 Å². The van der Waals surface area contributed by atoms with E-state index in [-0.39, 0.29) is 11.7 Å². The maximum Gasteiger partial charge on any atom is 0.248 e. The molecule has 3 aromatic carbocycles. The first-order valence-corrected chi connectivity index (χ1v) is 10.5. The van der Waals surface area contributed by atoms with E-state index >= 15 is 0 Å². The summed E-state index contributed by atoms with van der Waals surface area (Å²) in [6.07, 6.45) is 0.532. The lowest BCUT2D eigenvalue weighted by atomic mass is 10.0. The van der Waals surface area contributed by atoms with E-state index in [1.54, 1.807) is 24.3 Å². The first-order chi connectivity index (χ1) is 15.0. The van der Waals surface area contributed by atoms with Crippen LogP contribution in [-0.2, 0) is 11.2 Å². The molecule has 9 heteroatoms. The van der Waals surface area contributed by atoms with Crippen LogP contribution in [0.25, 0.3) is 10.8 Å². The number of nitrogen functional groups attached to an aromatic ring is 1. The number of hydrogen-bond acceptors (Lipinski definition) is 6. The lowest BCUT2D eigenvalue weighted by molar-refractivity contribution is -0.113. The van der Waals surface area contributed by atoms with Crippen LogP contribution in [-0.4, -0.2) is 32.4 Å². The summed E-state index contributed by atoms with van der Waals surface area (Å²) in [6.45, 7) is 0. The van der Waals surface area contributed by atoms with Crippen LogP contribution in [0.1, 0.15) is 21.7 Å². The molecule has 1 aromatic heterocycles. The molecule has 0 spiro atoms. The Morgan fingerprint density at radius 3 is 2.48 bits per heavy atom. The third-order valence-electron chi connectivity index (χ3n) is 4.75. The molecule has 1 heterocycles. The van der Waals surface area contributed by atoms with Gasteiger partial charge in [0.25, 0.3) is 0 Å². The fourth-order valence-electron chi connectivity index (χ4n) is 3.19. The predicted molar refractivity (Wildman–Crippen MR) is 121 cm³/mol. The fourth-order valence-corrected chi connectivity index (χ4v) is 3.86. The molecule has 156 valence electrons. The second-order valence-corrected chi connectivity index (χ2v) is 7.80. The van der Waals surface area contributed by atoms with Gasteiger partial charge in [-0.15, -0.1) is 10.2 Å². The van der Waals surface area contributed by atoms with Gasteiger partial charge in [0.2, 0.25) is 17.0 Å². The smallest absolute Gasteiger partial charge is 0.248 e. The highest BCUT2D eigenvalue weighted by Gasteiger charge is 2.14. The average Bonchev–Trinajstić information content (AvgIpc) is 3.12. The minimum Gasteiger partial charge on any atom is -0.366 e. The molecule has 0 aliphatic carbocycles. The molecule has 0 fully saturated rings. The van der Waals surface area contributed by atoms with Gasteiger partial charge in [-0.25, -0.2) is 4.68 Å². The number of hydrogen-bond donors (Lipinski definition) is 3. The molecule has 4 aromatic rings. The van der Waals surface area contributed by atoms with Crippen molar-refractivity contribution in [3.05, 3.63) is 83.7 Å². The van der Waals surface area contributed by atoms with Gasteiger partial charge in [0.1, 0.15) is 0 Å². The van der Waals surface area contributed by atoms with Crippen molar-refractivity contribution in [2.24, 2.45) is 5.73 Å². The van der Waals surface area contributed by atoms with E-state index in [4.69, 9.17) is 11.6 Å². The van der Waals surface area contributed by atoms with E-state index in [0.29, 0.717) is 28.7 Å². The zero-order chi connectivity index (χ0) is 21.8. The molecule has 0 saturated carbocycles. The van der Waals surface area contributed by atoms with Crippen molar-refractivity contribution in [1.82, 2.24) is 14.9 Å². The van der Waals surface area contributed by atoms with Gasteiger partial charge < -0.3 is 16.9 Å². The van der Waals surface area contributed by atoms with Gasteiger partial charge in [0.15, 0.2) is 5.82 Å². The Morgan fingerprint density at radius 2 is 1.71 bits per heavy atom. The number of fused-ring (bicyclic) bond motifs is 1. The van der Waals surface area contributed by atoms with Gasteiger partial charge in [0, 0.05) is 17.7 Å². The molecule has 5 N–H and O–H groups in total. The molecule has 0 aliphatic rings. The lowest BCUT2D eigenvalue weighted by Gasteiger charge is -2.07. The number of aromatic nitrogens is 3. The number of nitrogens with two attached hydrogens (primary N) is 2. The molecule has 31 heavy (non-hydrogen) atoms. The molecule has 0 bridgehead atoms. The summed E-state index contributed by atoms with van der Waals surface area (Å²) in [5.74, 6) is 6.15. The minimum absolute atomic E-state index is 0.112. The third-order valence-corrected chi connectivity index (χ3v) is 5.69. The van der Waals surface area contributed by atoms with E-state index in [9.17, 15) is 9.59 Å². The number of thioether (sulfide) groups is 1. The fraction of sp³-hybridized carbons (Fsp3) is 0.0909. The van der Waals surface area contributed by atoms with E-state index in [1.165, 1.54) is 16.4 Å². The first kappa shape index (κ1) is 20.4. The Kier molecular flexibility index (Phi) is 5.85. The summed E-state index contributed by atoms with van der Waals surface area (Å²) in [5, 5.41) is 13.8. The zero-order valence-corrected chi connectivity index (χ0v) is 17.3. The summed E-state index contributed by atoms with van der Waals surface area (Å²) in [5.41, 5.74) is 7.26. The quantitative estimate of drug-likeness (QED) is 0.304. The Hall–Kier alpha value is -3.85. The van der Waals surface area contributed by atoms with Crippen LogP contribution in [0.3, 0.4) is 0 Å². The van der Waals surface area contributed by atoms with Crippen molar-refractivity contribution in [1.29, 1.82) is 0 Å². The summed E-state index contributed by atoms with van der Waals surface area (Å²) in [7, 11) is 0. The Balaban J connectivity index is 1.39. The standard InChI is InChI=1S/C22H20N6O2S/c23-21(30)15-8-10-17(11-9-15)25-20(29)13-31-22-27-26-19(28(22)24)12-16-6-3-5-14-4-1-2-7-18(14)16/h1-11H,12-13,24H2,(H2,23,30)(H,25,29). The minimum atomic E-state index is -0.519. The monoisotopic (exact) mass is 432 g/mol. The van der Waals surface area contributed by atoms with Gasteiger partial charge in [0.05, 0.1) is 5.75 Å². The third kappa shape index (κ3) is 4.67. The number of nitrogens with one attached hydrogen (secondary N) is 1. The van der Waals surface area contributed by atoms with Crippen LogP contribution >= 0.6 is 11.8 Å². The summed E-state index contributed by atoms with van der Waals surface area (Å²) in [4.78, 5) is 23.4. The molecule has 4 rings (SSSR count). The molecular formula is C22H20N6O2S. The maximum atomic E-state index is 12.2. The van der Waals surface area contributed by atoms with Crippen molar-refractivity contribution in [3.63, 3.8) is 0 Å². The van der Waals surface area contributed by atoms with E-state index < -0.39 is 5.91 Å². The van der Waals surface area contributed by atoms with Crippen molar-refractivity contribution in [2.45, 2.75) is 11.6 Å². The molecule has 0 unspecified atom stereocenters. The summed E-state index contributed by atoms with van der Waals surface area (Å²) < 4.78 is 1.42. The van der Waals surface area contributed by atoms with Crippen LogP contribution in [0.15, 0.2) is 71.9 Å². The van der Waals surface area contributed by atoms with Crippen LogP contribution in [0.4, 0.5) is 5.69 Å². The van der Waals surface area contributed by atoms with Crippen molar-refractivity contribution < 1.29 is 9.59 Å². The average molecular weight is 433 g/mol. The first-order valence-electron chi connectivity index (χ1n) is 9.50. The van der Waals surface area contributed by atoms with Crippen LogP contribution in [0.5, 0.6) is 0 Å². The topological polar surface area (TPSA) is 129 Å². The molecule has 0 atom stereocenters. The summed E-state index contributed by atoms with van der Waals surface area (Å²) >= 11 is 1.20. The van der Waals surface area contributed by atoms with Crippen molar-refractivity contribution >= 4 is 40.0 Å². The van der Waals surface area contributed by atoms with Gasteiger partial charge in [-0.2, -0.15) is 0 Å². The molecule has 0 radical (unpaired) electrons. The second kappa shape index (κ2) is 8.88. The molecule has 8 nitrogen and oxygen atoms in total. The van der Waals surface area contributed by atoms with E-state index in [1.807, 2.05) is 24.3 Å². The number of carbonyl (C=O) groups excluding carboxylic acids is 2. The molecular weight excluding hydrogens is 412 g/mol. The number of amides is 2. The van der Waals surface area contributed by atoms with Crippen molar-refractivity contribution in [3.8, 4) is 0 Å². The number of rotatable bonds is 7. The highest BCUT2D eigenvalue weighted by atomic mass is 32.2. The SMILES string of the molecule is NC(=O)c1ccc(NC(=O)CSc2nnc(Cc3cccc4ccccc34)n2N)cc1. The van der Waals surface area contributed by atoms with E-state index in [2.05, 4.69) is 33.7 Å². The zero-order valence-electron chi connectivity index (χ0n) is 16.5. The Morgan fingerprint density at radius 1 is 0.968 bits per heavy atom. The van der Waals surface area contributed by atoms with Crippen LogP contribution in [0.2, 0.25) is 0 Å². The predicted octanol–water partition coefficient (Wildman–Crippen LogP) is 2.57. The number of carbonyl (C=O) groups is 2. The Bertz CT molecular complexity index is 1250. The molecule has 0 aliphatic heterocycles. The van der Waals surface area contributed by atoms with Gasteiger partial charge in [-0.3, -0.25) is 9.59 Å². The molecule has 2 amide bonds. The van der Waals surface area contributed by atoms with Gasteiger partial charge >= 0.3 is 0 Å². The number of benzene rings is 3. The largest absolute Gasteiger partial charge is 0.366 e. The maximum absolute atomic E-state index is 12.2. The Labute approximate surface area is 182 Å². The number of nitrogens with zero attached hydrogens (tertiary/aromatic N) is 3. The normalized spacial score (nSPS) is 10.8. The number of anilines is 1. The highest BCUT2D eigenvalue weighted by molar-refractivity contribution is 7.99. The second-order valence-electron chi connectivity index (χ2n) is 6.86. The van der Waals surface area contributed by atoms with Crippen LogP contribution < -0.4 is 16.9 Å². The summed E-state index contributed by atoms with van der Waals surface area (Å²) in [6, 6.07) is 20.6. The van der Waals surface area contributed by atoms with Gasteiger partial charge in [-0.05, 0) is 40.6 Å². The molecule has 0 saturated heterocycles. The number of primary amides is 1. The van der Waals surface area contributed by atoms with Gasteiger partial charge in [-0.1, -0.05) is 54.2 Å². The van der Waals surface area contributed by atoms with Crippen LogP contribution in [0, 0.1) is 0 Å².